The van der Waals surface area contributed by atoms with Crippen molar-refractivity contribution in [2.45, 2.75) is 25.1 Å². The molecule has 3 aromatic heterocycles. The van der Waals surface area contributed by atoms with E-state index in [0.717, 1.165) is 26.6 Å². The van der Waals surface area contributed by atoms with Gasteiger partial charge >= 0.3 is 0 Å². The number of ketones is 1. The molecule has 0 unspecified atom stereocenters. The van der Waals surface area contributed by atoms with Gasteiger partial charge in [-0.2, -0.15) is 0 Å². The average Bonchev–Trinajstić information content (AvgIpc) is 3.30. The van der Waals surface area contributed by atoms with Crippen LogP contribution in [0.2, 0.25) is 0 Å². The van der Waals surface area contributed by atoms with Crippen LogP contribution in [-0.4, -0.2) is 38.0 Å². The fourth-order valence-electron chi connectivity index (χ4n) is 2.56. The molecule has 9 heteroatoms. The quantitative estimate of drug-likeness (QED) is 0.356. The molecule has 7 nitrogen and oxygen atoms in total. The molecule has 0 fully saturated rings. The molecule has 0 aromatic carbocycles. The molecule has 136 valence electrons. The van der Waals surface area contributed by atoms with Crippen molar-refractivity contribution < 1.29 is 9.32 Å². The Labute approximate surface area is 159 Å². The van der Waals surface area contributed by atoms with E-state index in [2.05, 4.69) is 27.2 Å². The Morgan fingerprint density at radius 3 is 2.88 bits per heavy atom. The number of rotatable bonds is 8. The van der Waals surface area contributed by atoms with Crippen molar-refractivity contribution in [2.24, 2.45) is 0 Å². The van der Waals surface area contributed by atoms with E-state index in [4.69, 9.17) is 4.52 Å². The highest BCUT2D eigenvalue weighted by Gasteiger charge is 2.19. The van der Waals surface area contributed by atoms with Crippen LogP contribution in [0.5, 0.6) is 0 Å². The van der Waals surface area contributed by atoms with Crippen LogP contribution >= 0.6 is 23.1 Å². The Balaban J connectivity index is 1.70. The predicted octanol–water partition coefficient (Wildman–Crippen LogP) is 3.81. The zero-order valence-electron chi connectivity index (χ0n) is 14.8. The maximum absolute atomic E-state index is 12.7. The van der Waals surface area contributed by atoms with E-state index in [-0.39, 0.29) is 5.78 Å². The van der Waals surface area contributed by atoms with Gasteiger partial charge in [-0.05, 0) is 26.8 Å². The lowest BCUT2D eigenvalue weighted by molar-refractivity contribution is 0.102. The van der Waals surface area contributed by atoms with Crippen molar-refractivity contribution in [1.82, 2.24) is 19.9 Å². The normalized spacial score (nSPS) is 10.9. The number of carbonyl (C=O) groups is 1. The fraction of sp³-hybridized carbons (Fsp3) is 0.294. The molecular formula is C17H19N5O2S2. The van der Waals surface area contributed by atoms with Gasteiger partial charge in [0.2, 0.25) is 5.13 Å². The Hall–Kier alpha value is -2.39. The van der Waals surface area contributed by atoms with Crippen LogP contribution in [0.1, 0.15) is 27.5 Å². The number of hydrogen-bond donors (Lipinski definition) is 1. The van der Waals surface area contributed by atoms with Crippen LogP contribution in [0.3, 0.4) is 0 Å². The van der Waals surface area contributed by atoms with Crippen LogP contribution in [0.4, 0.5) is 5.13 Å². The van der Waals surface area contributed by atoms with Crippen LogP contribution in [-0.2, 0) is 0 Å². The van der Waals surface area contributed by atoms with Gasteiger partial charge in [0.15, 0.2) is 15.9 Å². The molecular weight excluding hydrogens is 370 g/mol. The number of aryl methyl sites for hydroxylation is 2. The Morgan fingerprint density at radius 1 is 1.38 bits per heavy atom. The van der Waals surface area contributed by atoms with Crippen molar-refractivity contribution in [3.63, 3.8) is 0 Å². The molecule has 0 aliphatic heterocycles. The third-order valence-electron chi connectivity index (χ3n) is 3.71. The van der Waals surface area contributed by atoms with Gasteiger partial charge in [-0.25, -0.2) is 0 Å². The lowest BCUT2D eigenvalue weighted by atomic mass is 10.2. The largest absolute Gasteiger partial charge is 0.360 e. The number of nitrogens with one attached hydrogen (secondary N) is 1. The first-order chi connectivity index (χ1) is 12.5. The van der Waals surface area contributed by atoms with Crippen molar-refractivity contribution in [2.75, 3.05) is 17.6 Å². The van der Waals surface area contributed by atoms with Gasteiger partial charge in [-0.3, -0.25) is 9.36 Å². The zero-order chi connectivity index (χ0) is 18.7. The second-order valence-electron chi connectivity index (χ2n) is 5.67. The number of Topliss-reactive ketones (excluding diaryl/α,β-unsaturated/α-hetero) is 1. The van der Waals surface area contributed by atoms with Gasteiger partial charge in [0.05, 0.1) is 5.75 Å². The second kappa shape index (κ2) is 7.88. The highest BCUT2D eigenvalue weighted by atomic mass is 32.2. The average molecular weight is 390 g/mol. The minimum Gasteiger partial charge on any atom is -0.360 e. The number of carbonyl (C=O) groups excluding carboxylic acids is 1. The molecule has 0 spiro atoms. The summed E-state index contributed by atoms with van der Waals surface area (Å²) in [5, 5.41) is 16.0. The summed E-state index contributed by atoms with van der Waals surface area (Å²) < 4.78 is 7.83. The number of anilines is 1. The van der Waals surface area contributed by atoms with Crippen LogP contribution in [0, 0.1) is 20.8 Å². The molecule has 0 saturated heterocycles. The van der Waals surface area contributed by atoms with Crippen molar-refractivity contribution in [1.29, 1.82) is 0 Å². The van der Waals surface area contributed by atoms with E-state index in [9.17, 15) is 4.79 Å². The van der Waals surface area contributed by atoms with Crippen molar-refractivity contribution >= 4 is 34.0 Å². The summed E-state index contributed by atoms with van der Waals surface area (Å²) in [5.74, 6) is 1.77. The van der Waals surface area contributed by atoms with Crippen molar-refractivity contribution in [3.05, 3.63) is 47.5 Å². The summed E-state index contributed by atoms with van der Waals surface area (Å²) in [7, 11) is 0. The van der Waals surface area contributed by atoms with Gasteiger partial charge in [-0.15, -0.1) is 16.8 Å². The third-order valence-corrected chi connectivity index (χ3v) is 5.72. The first-order valence-corrected chi connectivity index (χ1v) is 9.76. The molecule has 3 aromatic rings. The summed E-state index contributed by atoms with van der Waals surface area (Å²) in [5.41, 5.74) is 2.48. The lowest BCUT2D eigenvalue weighted by Gasteiger charge is -2.04. The van der Waals surface area contributed by atoms with E-state index in [1.54, 1.807) is 6.08 Å². The Morgan fingerprint density at radius 2 is 2.19 bits per heavy atom. The van der Waals surface area contributed by atoms with Gasteiger partial charge in [0.25, 0.3) is 0 Å². The zero-order valence-corrected chi connectivity index (χ0v) is 16.4. The van der Waals surface area contributed by atoms with Crippen LogP contribution in [0.15, 0.2) is 33.7 Å². The van der Waals surface area contributed by atoms with Crippen LogP contribution < -0.4 is 5.32 Å². The topological polar surface area (TPSA) is 85.8 Å². The van der Waals surface area contributed by atoms with E-state index in [1.807, 2.05) is 37.5 Å². The highest BCUT2D eigenvalue weighted by Crippen LogP contribution is 2.27. The van der Waals surface area contributed by atoms with Crippen molar-refractivity contribution in [3.8, 4) is 5.82 Å². The van der Waals surface area contributed by atoms with E-state index < -0.39 is 0 Å². The SMILES string of the molecule is C=CCNc1nnc(SCC(=O)c2cc(C)n(-c3cc(C)on3)c2C)s1. The summed E-state index contributed by atoms with van der Waals surface area (Å²) in [6.45, 7) is 9.98. The predicted molar refractivity (Wildman–Crippen MR) is 104 cm³/mol. The first kappa shape index (κ1) is 18.4. The molecule has 3 rings (SSSR count). The molecule has 0 radical (unpaired) electrons. The molecule has 1 N–H and O–H groups in total. The van der Waals surface area contributed by atoms with E-state index in [1.165, 1.54) is 23.1 Å². The maximum Gasteiger partial charge on any atom is 0.206 e. The second-order valence-corrected chi connectivity index (χ2v) is 7.87. The highest BCUT2D eigenvalue weighted by molar-refractivity contribution is 8.01. The van der Waals surface area contributed by atoms with Gasteiger partial charge in [0, 0.05) is 29.6 Å². The number of hydrogen-bond acceptors (Lipinski definition) is 8. The Bertz CT molecular complexity index is 941. The lowest BCUT2D eigenvalue weighted by Crippen LogP contribution is -2.05. The molecule has 0 aliphatic rings. The van der Waals surface area contributed by atoms with E-state index in [0.29, 0.717) is 23.7 Å². The first-order valence-electron chi connectivity index (χ1n) is 7.96. The Kier molecular flexibility index (Phi) is 5.58. The molecule has 0 amide bonds. The van der Waals surface area contributed by atoms with E-state index >= 15 is 0 Å². The smallest absolute Gasteiger partial charge is 0.206 e. The summed E-state index contributed by atoms with van der Waals surface area (Å²) in [6, 6.07) is 3.74. The minimum atomic E-state index is 0.0466. The fourth-order valence-corrected chi connectivity index (χ4v) is 4.20. The van der Waals surface area contributed by atoms with Gasteiger partial charge < -0.3 is 9.84 Å². The molecule has 3 heterocycles. The standard InChI is InChI=1S/C17H19N5O2S2/c1-5-6-18-16-19-20-17(26-16)25-9-14(23)13-7-10(2)22(12(13)4)15-8-11(3)24-21-15/h5,7-8H,1,6,9H2,2-4H3,(H,18,19). The van der Waals surface area contributed by atoms with Gasteiger partial charge in [0.1, 0.15) is 5.76 Å². The minimum absolute atomic E-state index is 0.0466. The summed E-state index contributed by atoms with van der Waals surface area (Å²) >= 11 is 2.81. The van der Waals surface area contributed by atoms with Crippen LogP contribution in [0.25, 0.3) is 5.82 Å². The third kappa shape index (κ3) is 3.88. The molecule has 0 aliphatic carbocycles. The maximum atomic E-state index is 12.7. The number of thioether (sulfide) groups is 1. The molecule has 0 bridgehead atoms. The molecule has 0 atom stereocenters. The monoisotopic (exact) mass is 389 g/mol. The number of aromatic nitrogens is 4. The summed E-state index contributed by atoms with van der Waals surface area (Å²) in [6.07, 6.45) is 1.75. The molecule has 0 saturated carbocycles. The number of nitrogens with zero attached hydrogens (tertiary/aromatic N) is 4. The summed E-state index contributed by atoms with van der Waals surface area (Å²) in [4.78, 5) is 12.7. The van der Waals surface area contributed by atoms with Gasteiger partial charge in [-0.1, -0.05) is 34.3 Å². The molecule has 26 heavy (non-hydrogen) atoms.